The van der Waals surface area contributed by atoms with E-state index < -0.39 is 0 Å². The van der Waals surface area contributed by atoms with E-state index in [1.165, 1.54) is 64.2 Å². The second-order valence-corrected chi connectivity index (χ2v) is 5.54. The minimum Gasteiger partial charge on any atom is -0.384 e. The highest BCUT2D eigenvalue weighted by molar-refractivity contribution is 4.72. The van der Waals surface area contributed by atoms with Crippen LogP contribution in [0.3, 0.4) is 0 Å². The molecule has 1 aliphatic carbocycles. The van der Waals surface area contributed by atoms with Crippen LogP contribution in [0.1, 0.15) is 71.1 Å². The van der Waals surface area contributed by atoms with Gasteiger partial charge in [-0.1, -0.05) is 58.3 Å². The minimum absolute atomic E-state index is 0.862. The van der Waals surface area contributed by atoms with Gasteiger partial charge in [-0.2, -0.15) is 0 Å². The number of methoxy groups -OCH3 is 1. The first kappa shape index (κ1) is 14.0. The zero-order valence-corrected chi connectivity index (χ0v) is 11.3. The summed E-state index contributed by atoms with van der Waals surface area (Å²) in [5, 5.41) is 0. The molecule has 1 saturated carbocycles. The van der Waals surface area contributed by atoms with Gasteiger partial charge in [0, 0.05) is 13.7 Å². The molecule has 0 radical (unpaired) electrons. The molecule has 1 rings (SSSR count). The second kappa shape index (κ2) is 9.04. The van der Waals surface area contributed by atoms with Gasteiger partial charge in [0.05, 0.1) is 0 Å². The Morgan fingerprint density at radius 1 is 0.875 bits per heavy atom. The quantitative estimate of drug-likeness (QED) is 0.540. The lowest BCUT2D eigenvalue weighted by Crippen LogP contribution is -2.18. The van der Waals surface area contributed by atoms with Gasteiger partial charge in [-0.05, 0) is 24.7 Å². The maximum absolute atomic E-state index is 5.24. The molecule has 1 nitrogen and oxygen atoms in total. The topological polar surface area (TPSA) is 9.23 Å². The summed E-state index contributed by atoms with van der Waals surface area (Å²) in [7, 11) is 1.83. The molecule has 0 aliphatic heterocycles. The summed E-state index contributed by atoms with van der Waals surface area (Å²) in [5.74, 6) is 1.90. The van der Waals surface area contributed by atoms with Crippen molar-refractivity contribution >= 4 is 0 Å². The van der Waals surface area contributed by atoms with Crippen LogP contribution in [-0.4, -0.2) is 13.7 Å². The van der Waals surface area contributed by atoms with E-state index in [1.807, 2.05) is 7.11 Å². The Morgan fingerprint density at radius 2 is 1.50 bits per heavy atom. The molecule has 0 aromatic carbocycles. The standard InChI is InChI=1S/C15H30O/c1-3-4-5-6-7-8-14-9-11-15(12-10-14)13-16-2/h14-15H,3-13H2,1-2H3. The third kappa shape index (κ3) is 5.89. The van der Waals surface area contributed by atoms with Crippen molar-refractivity contribution in [3.8, 4) is 0 Å². The number of unbranched alkanes of at least 4 members (excludes halogenated alkanes) is 4. The number of hydrogen-bond acceptors (Lipinski definition) is 1. The molecule has 16 heavy (non-hydrogen) atoms. The Labute approximate surface area is 102 Å². The average Bonchev–Trinajstić information content (AvgIpc) is 2.31. The van der Waals surface area contributed by atoms with Gasteiger partial charge < -0.3 is 4.74 Å². The van der Waals surface area contributed by atoms with Gasteiger partial charge in [-0.3, -0.25) is 0 Å². The molecular weight excluding hydrogens is 196 g/mol. The lowest BCUT2D eigenvalue weighted by molar-refractivity contribution is 0.117. The normalized spacial score (nSPS) is 25.9. The van der Waals surface area contributed by atoms with Crippen molar-refractivity contribution < 1.29 is 4.74 Å². The molecule has 0 spiro atoms. The van der Waals surface area contributed by atoms with Crippen LogP contribution in [0.5, 0.6) is 0 Å². The zero-order valence-electron chi connectivity index (χ0n) is 11.3. The second-order valence-electron chi connectivity index (χ2n) is 5.54. The number of hydrogen-bond donors (Lipinski definition) is 0. The van der Waals surface area contributed by atoms with Crippen LogP contribution in [0.25, 0.3) is 0 Å². The fraction of sp³-hybridized carbons (Fsp3) is 1.00. The van der Waals surface area contributed by atoms with Crippen molar-refractivity contribution in [3.63, 3.8) is 0 Å². The molecule has 0 saturated heterocycles. The predicted octanol–water partition coefficient (Wildman–Crippen LogP) is 4.80. The largest absolute Gasteiger partial charge is 0.384 e. The van der Waals surface area contributed by atoms with E-state index >= 15 is 0 Å². The van der Waals surface area contributed by atoms with Crippen LogP contribution in [0.4, 0.5) is 0 Å². The van der Waals surface area contributed by atoms with Gasteiger partial charge in [0.25, 0.3) is 0 Å². The molecule has 0 bridgehead atoms. The maximum atomic E-state index is 5.24. The monoisotopic (exact) mass is 226 g/mol. The maximum Gasteiger partial charge on any atom is 0.0490 e. The SMILES string of the molecule is CCCCCCCC1CCC(COC)CC1. The van der Waals surface area contributed by atoms with E-state index in [0.29, 0.717) is 0 Å². The number of ether oxygens (including phenoxy) is 1. The Balaban J connectivity index is 1.95. The van der Waals surface area contributed by atoms with Gasteiger partial charge in [-0.25, -0.2) is 0 Å². The Hall–Kier alpha value is -0.0400. The van der Waals surface area contributed by atoms with Crippen molar-refractivity contribution in [3.05, 3.63) is 0 Å². The average molecular weight is 226 g/mol. The molecule has 0 N–H and O–H groups in total. The third-order valence-corrected chi connectivity index (χ3v) is 4.08. The Morgan fingerprint density at radius 3 is 2.12 bits per heavy atom. The third-order valence-electron chi connectivity index (χ3n) is 4.08. The van der Waals surface area contributed by atoms with E-state index in [0.717, 1.165) is 18.4 Å². The van der Waals surface area contributed by atoms with Crippen LogP contribution in [0.2, 0.25) is 0 Å². The van der Waals surface area contributed by atoms with Gasteiger partial charge in [0.2, 0.25) is 0 Å². The van der Waals surface area contributed by atoms with Crippen molar-refractivity contribution in [1.82, 2.24) is 0 Å². The summed E-state index contributed by atoms with van der Waals surface area (Å²) in [5.41, 5.74) is 0. The van der Waals surface area contributed by atoms with Gasteiger partial charge in [-0.15, -0.1) is 0 Å². The van der Waals surface area contributed by atoms with Crippen LogP contribution < -0.4 is 0 Å². The summed E-state index contributed by atoms with van der Waals surface area (Å²) >= 11 is 0. The molecule has 0 unspecified atom stereocenters. The van der Waals surface area contributed by atoms with Crippen LogP contribution >= 0.6 is 0 Å². The van der Waals surface area contributed by atoms with Crippen molar-refractivity contribution in [2.24, 2.45) is 11.8 Å². The molecule has 96 valence electrons. The van der Waals surface area contributed by atoms with Crippen LogP contribution in [0.15, 0.2) is 0 Å². The fourth-order valence-electron chi connectivity index (χ4n) is 2.96. The Kier molecular flexibility index (Phi) is 7.92. The van der Waals surface area contributed by atoms with Crippen LogP contribution in [0, 0.1) is 11.8 Å². The highest BCUT2D eigenvalue weighted by Crippen LogP contribution is 2.32. The van der Waals surface area contributed by atoms with E-state index in [2.05, 4.69) is 6.92 Å². The molecule has 1 aliphatic rings. The molecule has 0 amide bonds. The van der Waals surface area contributed by atoms with Gasteiger partial charge >= 0.3 is 0 Å². The number of rotatable bonds is 8. The highest BCUT2D eigenvalue weighted by atomic mass is 16.5. The van der Waals surface area contributed by atoms with E-state index in [1.54, 1.807) is 0 Å². The lowest BCUT2D eigenvalue weighted by Gasteiger charge is -2.28. The minimum atomic E-state index is 0.862. The molecule has 0 atom stereocenters. The molecule has 0 aromatic heterocycles. The summed E-state index contributed by atoms with van der Waals surface area (Å²) in [6.45, 7) is 3.28. The smallest absolute Gasteiger partial charge is 0.0490 e. The van der Waals surface area contributed by atoms with Crippen molar-refractivity contribution in [2.45, 2.75) is 71.1 Å². The van der Waals surface area contributed by atoms with Gasteiger partial charge in [0.1, 0.15) is 0 Å². The predicted molar refractivity (Wildman–Crippen MR) is 70.7 cm³/mol. The highest BCUT2D eigenvalue weighted by Gasteiger charge is 2.20. The lowest BCUT2D eigenvalue weighted by atomic mass is 9.80. The first-order chi connectivity index (χ1) is 7.86. The first-order valence-electron chi connectivity index (χ1n) is 7.35. The summed E-state index contributed by atoms with van der Waals surface area (Å²) in [4.78, 5) is 0. The molecule has 1 heteroatoms. The summed E-state index contributed by atoms with van der Waals surface area (Å²) < 4.78 is 5.24. The fourth-order valence-corrected chi connectivity index (χ4v) is 2.96. The van der Waals surface area contributed by atoms with Crippen molar-refractivity contribution in [2.75, 3.05) is 13.7 Å². The van der Waals surface area contributed by atoms with Crippen molar-refractivity contribution in [1.29, 1.82) is 0 Å². The molecule has 1 fully saturated rings. The first-order valence-corrected chi connectivity index (χ1v) is 7.35. The summed E-state index contributed by atoms with van der Waals surface area (Å²) in [6, 6.07) is 0. The molecule has 0 aromatic rings. The van der Waals surface area contributed by atoms with E-state index in [9.17, 15) is 0 Å². The zero-order chi connectivity index (χ0) is 11.6. The summed E-state index contributed by atoms with van der Waals surface area (Å²) in [6.07, 6.45) is 14.4. The van der Waals surface area contributed by atoms with E-state index in [4.69, 9.17) is 4.74 Å². The van der Waals surface area contributed by atoms with E-state index in [-0.39, 0.29) is 0 Å². The Bertz CT molecular complexity index is 148. The molecule has 0 heterocycles. The van der Waals surface area contributed by atoms with Crippen LogP contribution in [-0.2, 0) is 4.74 Å². The molecular formula is C15H30O. The van der Waals surface area contributed by atoms with Gasteiger partial charge in [0.15, 0.2) is 0 Å².